The molecule has 0 bridgehead atoms. The number of nitrogens with zero attached hydrogens (tertiary/aromatic N) is 2. The number of rotatable bonds is 1. The maximum absolute atomic E-state index is 13.9. The minimum atomic E-state index is -1.11. The highest BCUT2D eigenvalue weighted by atomic mass is 79.9. The predicted octanol–water partition coefficient (Wildman–Crippen LogP) is 3.50. The lowest BCUT2D eigenvalue weighted by Crippen LogP contribution is -2.54. The second kappa shape index (κ2) is 6.26. The number of fused-ring (bicyclic) bond motifs is 7. The number of aryl methyl sites for hydroxylation is 1. The van der Waals surface area contributed by atoms with Crippen LogP contribution in [0.1, 0.15) is 29.5 Å². The first-order valence-electron chi connectivity index (χ1n) is 10.7. The van der Waals surface area contributed by atoms with Crippen LogP contribution in [0.5, 0.6) is 0 Å². The van der Waals surface area contributed by atoms with Crippen molar-refractivity contribution in [3.8, 4) is 0 Å². The molecule has 4 atom stereocenters. The average molecular weight is 480 g/mol. The summed E-state index contributed by atoms with van der Waals surface area (Å²) in [6.45, 7) is 4.73. The Hall–Kier alpha value is -2.51. The zero-order valence-electron chi connectivity index (χ0n) is 17.3. The van der Waals surface area contributed by atoms with E-state index in [9.17, 15) is 14.4 Å². The molecule has 0 aliphatic carbocycles. The second-order valence-corrected chi connectivity index (χ2v) is 9.96. The van der Waals surface area contributed by atoms with Gasteiger partial charge in [-0.1, -0.05) is 28.1 Å². The molecule has 4 aliphatic rings. The topological polar surface area (TPSA) is 69.7 Å². The smallest absolute Gasteiger partial charge is 0.250 e. The van der Waals surface area contributed by atoms with Crippen molar-refractivity contribution in [1.29, 1.82) is 0 Å². The van der Waals surface area contributed by atoms with Gasteiger partial charge in [0.05, 0.1) is 17.5 Å². The van der Waals surface area contributed by atoms with E-state index in [1.807, 2.05) is 38.1 Å². The van der Waals surface area contributed by atoms with Crippen molar-refractivity contribution in [2.75, 3.05) is 16.8 Å². The molecule has 31 heavy (non-hydrogen) atoms. The summed E-state index contributed by atoms with van der Waals surface area (Å²) in [5, 5.41) is 3.09. The van der Waals surface area contributed by atoms with Crippen molar-refractivity contribution in [2.45, 2.75) is 38.3 Å². The normalized spacial score (nSPS) is 31.4. The Morgan fingerprint density at radius 3 is 2.52 bits per heavy atom. The van der Waals surface area contributed by atoms with Gasteiger partial charge in [-0.2, -0.15) is 0 Å². The molecule has 3 saturated heterocycles. The zero-order valence-corrected chi connectivity index (χ0v) is 18.9. The van der Waals surface area contributed by atoms with Gasteiger partial charge in [0.25, 0.3) is 0 Å². The van der Waals surface area contributed by atoms with Crippen LogP contribution in [0.15, 0.2) is 40.9 Å². The predicted molar refractivity (Wildman–Crippen MR) is 120 cm³/mol. The Bertz CT molecular complexity index is 1180. The van der Waals surface area contributed by atoms with E-state index in [1.165, 1.54) is 4.90 Å². The first kappa shape index (κ1) is 19.2. The number of carbonyl (C=O) groups is 3. The molecular formula is C24H22BrN3O3. The maximum Gasteiger partial charge on any atom is 0.250 e. The monoisotopic (exact) mass is 479 g/mol. The fraction of sp³-hybridized carbons (Fsp3) is 0.375. The summed E-state index contributed by atoms with van der Waals surface area (Å²) in [5.74, 6) is -1.84. The van der Waals surface area contributed by atoms with Crippen LogP contribution in [-0.2, 0) is 19.9 Å². The molecule has 4 heterocycles. The molecule has 6 rings (SSSR count). The Morgan fingerprint density at radius 1 is 1.03 bits per heavy atom. The van der Waals surface area contributed by atoms with Crippen molar-refractivity contribution in [1.82, 2.24) is 4.90 Å². The van der Waals surface area contributed by atoms with E-state index in [-0.39, 0.29) is 23.8 Å². The molecule has 7 heteroatoms. The summed E-state index contributed by atoms with van der Waals surface area (Å²) in [4.78, 5) is 44.7. The van der Waals surface area contributed by atoms with Crippen LogP contribution in [0.3, 0.4) is 0 Å². The van der Waals surface area contributed by atoms with Gasteiger partial charge in [0.15, 0.2) is 0 Å². The molecule has 2 aromatic rings. The van der Waals surface area contributed by atoms with Crippen LogP contribution in [0.4, 0.5) is 11.4 Å². The van der Waals surface area contributed by atoms with Crippen LogP contribution >= 0.6 is 15.9 Å². The average Bonchev–Trinajstić information content (AvgIpc) is 3.45. The van der Waals surface area contributed by atoms with Gasteiger partial charge in [-0.15, -0.1) is 0 Å². The van der Waals surface area contributed by atoms with Crippen molar-refractivity contribution >= 4 is 45.0 Å². The third-order valence-electron chi connectivity index (χ3n) is 7.78. The van der Waals surface area contributed by atoms with Gasteiger partial charge in [0.2, 0.25) is 17.7 Å². The van der Waals surface area contributed by atoms with Crippen molar-refractivity contribution in [3.05, 3.63) is 57.6 Å². The molecular weight excluding hydrogens is 458 g/mol. The number of hydrogen-bond donors (Lipinski definition) is 1. The number of amides is 3. The van der Waals surface area contributed by atoms with Gasteiger partial charge < -0.3 is 5.32 Å². The number of carbonyl (C=O) groups excluding carboxylic acids is 3. The first-order valence-corrected chi connectivity index (χ1v) is 11.5. The number of halogens is 1. The summed E-state index contributed by atoms with van der Waals surface area (Å²) in [7, 11) is 0. The van der Waals surface area contributed by atoms with E-state index in [2.05, 4.69) is 26.1 Å². The van der Waals surface area contributed by atoms with E-state index in [1.54, 1.807) is 12.1 Å². The number of hydrogen-bond acceptors (Lipinski definition) is 4. The highest BCUT2D eigenvalue weighted by Gasteiger charge is 2.74. The van der Waals surface area contributed by atoms with E-state index >= 15 is 0 Å². The molecule has 0 unspecified atom stereocenters. The quantitative estimate of drug-likeness (QED) is 0.635. The summed E-state index contributed by atoms with van der Waals surface area (Å²) in [6.07, 6.45) is 1.74. The summed E-state index contributed by atoms with van der Waals surface area (Å²) >= 11 is 3.41. The number of anilines is 2. The van der Waals surface area contributed by atoms with Gasteiger partial charge in [-0.25, -0.2) is 4.90 Å². The third kappa shape index (κ3) is 2.18. The van der Waals surface area contributed by atoms with Crippen LogP contribution < -0.4 is 10.2 Å². The molecule has 1 spiro atoms. The highest BCUT2D eigenvalue weighted by molar-refractivity contribution is 9.10. The lowest BCUT2D eigenvalue weighted by Gasteiger charge is -2.36. The second-order valence-electron chi connectivity index (χ2n) is 9.05. The van der Waals surface area contributed by atoms with Crippen molar-refractivity contribution in [3.63, 3.8) is 0 Å². The summed E-state index contributed by atoms with van der Waals surface area (Å²) < 4.78 is 0.879. The molecule has 0 saturated carbocycles. The SMILES string of the molecule is Cc1ccc2c(c1C)NC(=O)[C@]21[C@@H]2C(=O)N(c3ccc(Br)cc3)C(=O)[C@@H]2[C@@H]2CCCN21. The summed E-state index contributed by atoms with van der Waals surface area (Å²) in [6, 6.07) is 11.1. The standard InChI is InChI=1S/C24H22BrN3O3/c1-12-5-10-16-20(13(12)2)26-23(31)24(16)19-18(17-4-3-11-27(17)24)21(29)28(22(19)30)15-8-6-14(25)7-9-15/h5-10,17-19H,3-4,11H2,1-2H3,(H,26,31)/t17-,18+,19-,24+/m0/s1. The molecule has 2 aromatic carbocycles. The molecule has 158 valence electrons. The van der Waals surface area contributed by atoms with Crippen molar-refractivity contribution < 1.29 is 14.4 Å². The van der Waals surface area contributed by atoms with Crippen LogP contribution in [-0.4, -0.2) is 35.2 Å². The van der Waals surface area contributed by atoms with Crippen molar-refractivity contribution in [2.24, 2.45) is 11.8 Å². The Balaban J connectivity index is 1.56. The van der Waals surface area contributed by atoms with E-state index in [4.69, 9.17) is 0 Å². The molecule has 3 amide bonds. The maximum atomic E-state index is 13.9. The molecule has 1 N–H and O–H groups in total. The van der Waals surface area contributed by atoms with Gasteiger partial charge in [-0.05, 0) is 68.6 Å². The third-order valence-corrected chi connectivity index (χ3v) is 8.31. The minimum absolute atomic E-state index is 0.0970. The van der Waals surface area contributed by atoms with Gasteiger partial charge in [0.1, 0.15) is 5.54 Å². The molecule has 4 aliphatic heterocycles. The number of imide groups is 1. The highest BCUT2D eigenvalue weighted by Crippen LogP contribution is 2.61. The lowest BCUT2D eigenvalue weighted by atomic mass is 9.75. The fourth-order valence-corrected chi connectivity index (χ4v) is 6.63. The van der Waals surface area contributed by atoms with Gasteiger partial charge >= 0.3 is 0 Å². The van der Waals surface area contributed by atoms with Gasteiger partial charge in [0, 0.05) is 21.8 Å². The van der Waals surface area contributed by atoms with E-state index in [0.29, 0.717) is 5.69 Å². The molecule has 0 aromatic heterocycles. The van der Waals surface area contributed by atoms with E-state index < -0.39 is 17.4 Å². The first-order chi connectivity index (χ1) is 14.9. The number of benzene rings is 2. The van der Waals surface area contributed by atoms with Crippen LogP contribution in [0.2, 0.25) is 0 Å². The molecule has 0 radical (unpaired) electrons. The Kier molecular flexibility index (Phi) is 3.88. The minimum Gasteiger partial charge on any atom is -0.324 e. The largest absolute Gasteiger partial charge is 0.324 e. The molecule has 3 fully saturated rings. The van der Waals surface area contributed by atoms with Crippen LogP contribution in [0.25, 0.3) is 0 Å². The number of nitrogens with one attached hydrogen (secondary N) is 1. The fourth-order valence-electron chi connectivity index (χ4n) is 6.36. The lowest BCUT2D eigenvalue weighted by molar-refractivity contribution is -0.135. The Morgan fingerprint density at radius 2 is 1.77 bits per heavy atom. The summed E-state index contributed by atoms with van der Waals surface area (Å²) in [5.41, 5.74) is 3.21. The Labute approximate surface area is 188 Å². The molecule has 6 nitrogen and oxygen atoms in total. The van der Waals surface area contributed by atoms with E-state index in [0.717, 1.165) is 46.2 Å². The van der Waals surface area contributed by atoms with Gasteiger partial charge in [-0.3, -0.25) is 19.3 Å². The zero-order chi connectivity index (χ0) is 21.7. The van der Waals surface area contributed by atoms with Crippen LogP contribution in [0, 0.1) is 25.7 Å².